The monoisotopic (exact) mass is 294 g/mol. The average Bonchev–Trinajstić information content (AvgIpc) is 2.36. The van der Waals surface area contributed by atoms with Crippen molar-refractivity contribution in [1.29, 1.82) is 0 Å². The summed E-state index contributed by atoms with van der Waals surface area (Å²) in [4.78, 5) is 24.6. The zero-order valence-corrected chi connectivity index (χ0v) is 11.9. The van der Waals surface area contributed by atoms with E-state index in [1.54, 1.807) is 4.90 Å². The summed E-state index contributed by atoms with van der Waals surface area (Å²) in [6, 6.07) is -1.25. The molecule has 112 valence electrons. The highest BCUT2D eigenvalue weighted by Crippen LogP contribution is 2.17. The summed E-state index contributed by atoms with van der Waals surface area (Å²) in [6.07, 6.45) is 2.85. The number of piperidine rings is 1. The van der Waals surface area contributed by atoms with Crippen molar-refractivity contribution in [3.63, 3.8) is 0 Å². The summed E-state index contributed by atoms with van der Waals surface area (Å²) in [5.41, 5.74) is 10.8. The molecule has 1 fully saturated rings. The van der Waals surface area contributed by atoms with E-state index in [9.17, 15) is 9.59 Å². The van der Waals surface area contributed by atoms with Gasteiger partial charge in [0.05, 0.1) is 6.61 Å². The van der Waals surface area contributed by atoms with Gasteiger partial charge in [0, 0.05) is 26.2 Å². The van der Waals surface area contributed by atoms with E-state index in [1.807, 2.05) is 0 Å². The van der Waals surface area contributed by atoms with E-state index in [4.69, 9.17) is 16.2 Å². The molecule has 0 radical (unpaired) electrons. The lowest BCUT2D eigenvalue weighted by molar-refractivity contribution is -0.137. The van der Waals surface area contributed by atoms with Gasteiger partial charge in [-0.25, -0.2) is 4.79 Å². The van der Waals surface area contributed by atoms with E-state index < -0.39 is 12.1 Å². The number of urea groups is 1. The predicted octanol–water partition coefficient (Wildman–Crippen LogP) is -0.569. The van der Waals surface area contributed by atoms with E-state index in [-0.39, 0.29) is 31.0 Å². The Morgan fingerprint density at radius 3 is 2.74 bits per heavy atom. The van der Waals surface area contributed by atoms with Gasteiger partial charge >= 0.3 is 6.03 Å². The Bertz CT molecular complexity index is 304. The Morgan fingerprint density at radius 1 is 1.47 bits per heavy atom. The number of amides is 3. The van der Waals surface area contributed by atoms with Crippen LogP contribution in [-0.4, -0.2) is 55.7 Å². The highest BCUT2D eigenvalue weighted by atomic mass is 35.5. The number of nitrogens with zero attached hydrogens (tertiary/aromatic N) is 1. The Labute approximate surface area is 119 Å². The van der Waals surface area contributed by atoms with Crippen LogP contribution in [-0.2, 0) is 9.53 Å². The summed E-state index contributed by atoms with van der Waals surface area (Å²) in [5.74, 6) is -0.132. The lowest BCUT2D eigenvalue weighted by Crippen LogP contribution is -2.55. The summed E-state index contributed by atoms with van der Waals surface area (Å²) in [5, 5.41) is 2.54. The van der Waals surface area contributed by atoms with Gasteiger partial charge in [-0.1, -0.05) is 0 Å². The number of methoxy groups -OCH3 is 1. The SMILES string of the molecule is COCC(N)C(=O)N1CCCCC1CNC(N)=O.Cl. The molecule has 0 saturated carbocycles. The lowest BCUT2D eigenvalue weighted by atomic mass is 10.0. The normalized spacial score (nSPS) is 20.3. The van der Waals surface area contributed by atoms with Gasteiger partial charge in [-0.2, -0.15) is 0 Å². The molecule has 2 unspecified atom stereocenters. The first-order valence-electron chi connectivity index (χ1n) is 6.14. The number of carbonyl (C=O) groups excluding carboxylic acids is 2. The number of nitrogens with two attached hydrogens (primary N) is 2. The van der Waals surface area contributed by atoms with Gasteiger partial charge in [0.2, 0.25) is 5.91 Å². The maximum absolute atomic E-state index is 12.1. The van der Waals surface area contributed by atoms with Crippen LogP contribution in [0.5, 0.6) is 0 Å². The number of hydrogen-bond donors (Lipinski definition) is 3. The molecular weight excluding hydrogens is 272 g/mol. The molecule has 0 aromatic rings. The second-order valence-corrected chi connectivity index (χ2v) is 4.49. The van der Waals surface area contributed by atoms with Gasteiger partial charge in [0.1, 0.15) is 6.04 Å². The molecule has 0 spiro atoms. The zero-order valence-electron chi connectivity index (χ0n) is 11.1. The fourth-order valence-electron chi connectivity index (χ4n) is 2.19. The second kappa shape index (κ2) is 8.95. The molecule has 0 aromatic heterocycles. The van der Waals surface area contributed by atoms with Gasteiger partial charge in [0.15, 0.2) is 0 Å². The van der Waals surface area contributed by atoms with Gasteiger partial charge in [-0.05, 0) is 19.3 Å². The van der Waals surface area contributed by atoms with E-state index in [0.717, 1.165) is 19.3 Å². The Hall–Kier alpha value is -1.05. The lowest BCUT2D eigenvalue weighted by Gasteiger charge is -2.37. The fourth-order valence-corrected chi connectivity index (χ4v) is 2.19. The number of nitrogens with one attached hydrogen (secondary N) is 1. The molecule has 2 atom stereocenters. The van der Waals surface area contributed by atoms with Crippen LogP contribution in [0.15, 0.2) is 0 Å². The first-order valence-corrected chi connectivity index (χ1v) is 6.14. The molecule has 19 heavy (non-hydrogen) atoms. The average molecular weight is 295 g/mol. The maximum Gasteiger partial charge on any atom is 0.312 e. The van der Waals surface area contributed by atoms with Crippen LogP contribution in [0, 0.1) is 0 Å². The number of ether oxygens (including phenoxy) is 1. The highest BCUT2D eigenvalue weighted by molar-refractivity contribution is 5.85. The molecular formula is C11H23ClN4O3. The first kappa shape index (κ1) is 17.9. The standard InChI is InChI=1S/C11H22N4O3.ClH/c1-18-7-9(12)10(16)15-5-3-2-4-8(15)6-14-11(13)17;/h8-9H,2-7,12H2,1H3,(H3,13,14,17);1H. The highest BCUT2D eigenvalue weighted by Gasteiger charge is 2.29. The number of rotatable bonds is 5. The van der Waals surface area contributed by atoms with Crippen molar-refractivity contribution in [3.05, 3.63) is 0 Å². The van der Waals surface area contributed by atoms with Gasteiger partial charge < -0.3 is 26.4 Å². The van der Waals surface area contributed by atoms with Gasteiger partial charge in [0.25, 0.3) is 0 Å². The van der Waals surface area contributed by atoms with Crippen LogP contribution in [0.25, 0.3) is 0 Å². The van der Waals surface area contributed by atoms with Crippen molar-refractivity contribution >= 4 is 24.3 Å². The largest absolute Gasteiger partial charge is 0.383 e. The third-order valence-corrected chi connectivity index (χ3v) is 3.09. The summed E-state index contributed by atoms with van der Waals surface area (Å²) in [7, 11) is 1.51. The molecule has 1 saturated heterocycles. The molecule has 1 rings (SSSR count). The summed E-state index contributed by atoms with van der Waals surface area (Å²) >= 11 is 0. The molecule has 0 bridgehead atoms. The van der Waals surface area contributed by atoms with Gasteiger partial charge in [-0.3, -0.25) is 4.79 Å². The van der Waals surface area contributed by atoms with Crippen molar-refractivity contribution in [1.82, 2.24) is 10.2 Å². The number of primary amides is 1. The van der Waals surface area contributed by atoms with E-state index >= 15 is 0 Å². The Balaban J connectivity index is 0.00000324. The minimum absolute atomic E-state index is 0. The van der Waals surface area contributed by atoms with Gasteiger partial charge in [-0.15, -0.1) is 12.4 Å². The van der Waals surface area contributed by atoms with Crippen LogP contribution in [0.2, 0.25) is 0 Å². The first-order chi connectivity index (χ1) is 8.56. The van der Waals surface area contributed by atoms with Crippen molar-refractivity contribution in [2.75, 3.05) is 26.8 Å². The Morgan fingerprint density at radius 2 is 2.16 bits per heavy atom. The topological polar surface area (TPSA) is 111 Å². The maximum atomic E-state index is 12.1. The molecule has 3 amide bonds. The molecule has 8 heteroatoms. The second-order valence-electron chi connectivity index (χ2n) is 4.49. The molecule has 1 aliphatic rings. The van der Waals surface area contributed by atoms with Crippen molar-refractivity contribution in [2.24, 2.45) is 11.5 Å². The van der Waals surface area contributed by atoms with Crippen molar-refractivity contribution < 1.29 is 14.3 Å². The van der Waals surface area contributed by atoms with E-state index in [0.29, 0.717) is 13.1 Å². The smallest absolute Gasteiger partial charge is 0.312 e. The van der Waals surface area contributed by atoms with Crippen LogP contribution in [0.3, 0.4) is 0 Å². The minimum atomic E-state index is -0.649. The van der Waals surface area contributed by atoms with Crippen LogP contribution >= 0.6 is 12.4 Å². The third kappa shape index (κ3) is 5.63. The quantitative estimate of drug-likeness (QED) is 0.630. The molecule has 1 aliphatic heterocycles. The predicted molar refractivity (Wildman–Crippen MR) is 74.0 cm³/mol. The molecule has 0 aliphatic carbocycles. The fraction of sp³-hybridized carbons (Fsp3) is 0.818. The summed E-state index contributed by atoms with van der Waals surface area (Å²) in [6.45, 7) is 1.24. The van der Waals surface area contributed by atoms with Crippen molar-refractivity contribution in [3.8, 4) is 0 Å². The summed E-state index contributed by atoms with van der Waals surface area (Å²) < 4.78 is 4.89. The Kier molecular flexibility index (Phi) is 8.46. The van der Waals surface area contributed by atoms with Crippen LogP contribution in [0.4, 0.5) is 4.79 Å². The number of halogens is 1. The number of carbonyl (C=O) groups is 2. The third-order valence-electron chi connectivity index (χ3n) is 3.09. The molecule has 1 heterocycles. The number of likely N-dealkylation sites (tertiary alicyclic amines) is 1. The minimum Gasteiger partial charge on any atom is -0.383 e. The van der Waals surface area contributed by atoms with Crippen LogP contribution in [0.1, 0.15) is 19.3 Å². The van der Waals surface area contributed by atoms with Crippen molar-refractivity contribution in [2.45, 2.75) is 31.3 Å². The molecule has 0 aromatic carbocycles. The van der Waals surface area contributed by atoms with E-state index in [1.165, 1.54) is 7.11 Å². The van der Waals surface area contributed by atoms with Crippen LogP contribution < -0.4 is 16.8 Å². The molecule has 7 nitrogen and oxygen atoms in total. The zero-order chi connectivity index (χ0) is 13.5. The molecule has 5 N–H and O–H groups in total. The number of hydrogen-bond acceptors (Lipinski definition) is 4. The van der Waals surface area contributed by atoms with E-state index in [2.05, 4.69) is 5.32 Å².